The summed E-state index contributed by atoms with van der Waals surface area (Å²) in [5, 5.41) is 3.40. The third kappa shape index (κ3) is 4.70. The molecule has 2 fully saturated rings. The molecule has 0 saturated carbocycles. The average Bonchev–Trinajstić information content (AvgIpc) is 2.55. The van der Waals surface area contributed by atoms with Crippen LogP contribution in [0.4, 0.5) is 0 Å². The first-order valence-electron chi connectivity index (χ1n) is 8.67. The number of benzene rings is 1. The molecule has 122 valence electrons. The van der Waals surface area contributed by atoms with Crippen LogP contribution in [0, 0.1) is 0 Å². The van der Waals surface area contributed by atoms with Crippen molar-refractivity contribution >= 4 is 0 Å². The molecule has 1 unspecified atom stereocenters. The predicted molar refractivity (Wildman–Crippen MR) is 90.6 cm³/mol. The highest BCUT2D eigenvalue weighted by atomic mass is 16.5. The molecule has 1 atom stereocenters. The zero-order valence-corrected chi connectivity index (χ0v) is 13.8. The molecule has 2 saturated heterocycles. The highest BCUT2D eigenvalue weighted by Gasteiger charge is 2.18. The topological polar surface area (TPSA) is 27.7 Å². The van der Waals surface area contributed by atoms with Crippen LogP contribution in [0.25, 0.3) is 0 Å². The van der Waals surface area contributed by atoms with Crippen molar-refractivity contribution < 1.29 is 4.74 Å². The molecule has 0 spiro atoms. The maximum atomic E-state index is 6.11. The van der Waals surface area contributed by atoms with Gasteiger partial charge in [-0.15, -0.1) is 0 Å². The molecule has 22 heavy (non-hydrogen) atoms. The van der Waals surface area contributed by atoms with Gasteiger partial charge in [-0.2, -0.15) is 0 Å². The van der Waals surface area contributed by atoms with Crippen LogP contribution in [0.1, 0.15) is 18.4 Å². The van der Waals surface area contributed by atoms with Crippen LogP contribution >= 0.6 is 0 Å². The number of likely N-dealkylation sites (N-methyl/N-ethyl adjacent to an activating group) is 1. The molecule has 0 aromatic heterocycles. The summed E-state index contributed by atoms with van der Waals surface area (Å²) in [5.74, 6) is 1.02. The molecule has 0 amide bonds. The zero-order valence-electron chi connectivity index (χ0n) is 13.8. The number of rotatable bonds is 5. The van der Waals surface area contributed by atoms with Crippen molar-refractivity contribution in [3.05, 3.63) is 29.8 Å². The minimum absolute atomic E-state index is 0.352. The van der Waals surface area contributed by atoms with E-state index >= 15 is 0 Å². The van der Waals surface area contributed by atoms with Crippen LogP contribution in [0.3, 0.4) is 0 Å². The lowest BCUT2D eigenvalue weighted by atomic mass is 10.1. The molecule has 1 aromatic rings. The van der Waals surface area contributed by atoms with Crippen LogP contribution in [-0.4, -0.2) is 68.8 Å². The van der Waals surface area contributed by atoms with Crippen molar-refractivity contribution in [2.45, 2.75) is 25.4 Å². The SMILES string of the molecule is CN1CCCC(Oc2ccc(CCN3CCNCC3)cc2)C1. The van der Waals surface area contributed by atoms with Crippen molar-refractivity contribution in [1.82, 2.24) is 15.1 Å². The molecule has 2 aliphatic rings. The molecule has 2 heterocycles. The van der Waals surface area contributed by atoms with E-state index in [9.17, 15) is 0 Å². The van der Waals surface area contributed by atoms with E-state index in [0.717, 1.165) is 38.3 Å². The molecule has 4 nitrogen and oxygen atoms in total. The van der Waals surface area contributed by atoms with E-state index in [0.29, 0.717) is 6.10 Å². The Morgan fingerprint density at radius 1 is 1.14 bits per heavy atom. The lowest BCUT2D eigenvalue weighted by molar-refractivity contribution is 0.104. The molecule has 0 aliphatic carbocycles. The zero-order chi connectivity index (χ0) is 15.2. The number of ether oxygens (including phenoxy) is 1. The Hall–Kier alpha value is -1.10. The van der Waals surface area contributed by atoms with Crippen LogP contribution in [0.2, 0.25) is 0 Å². The largest absolute Gasteiger partial charge is 0.489 e. The van der Waals surface area contributed by atoms with Gasteiger partial charge < -0.3 is 19.9 Å². The van der Waals surface area contributed by atoms with Crippen LogP contribution in [-0.2, 0) is 6.42 Å². The number of piperidine rings is 1. The predicted octanol–water partition coefficient (Wildman–Crippen LogP) is 1.61. The van der Waals surface area contributed by atoms with E-state index < -0.39 is 0 Å². The first-order valence-corrected chi connectivity index (χ1v) is 8.67. The molecule has 1 aromatic carbocycles. The fraction of sp³-hybridized carbons (Fsp3) is 0.667. The Morgan fingerprint density at radius 2 is 1.91 bits per heavy atom. The fourth-order valence-corrected chi connectivity index (χ4v) is 3.36. The number of likely N-dealkylation sites (tertiary alicyclic amines) is 1. The molecular formula is C18H29N3O. The maximum Gasteiger partial charge on any atom is 0.119 e. The van der Waals surface area contributed by atoms with Crippen molar-refractivity contribution in [2.24, 2.45) is 0 Å². The van der Waals surface area contributed by atoms with Gasteiger partial charge in [-0.3, -0.25) is 0 Å². The third-order valence-electron chi connectivity index (χ3n) is 4.73. The summed E-state index contributed by atoms with van der Waals surface area (Å²) >= 11 is 0. The van der Waals surface area contributed by atoms with Crippen molar-refractivity contribution in [1.29, 1.82) is 0 Å². The van der Waals surface area contributed by atoms with Gasteiger partial charge in [0.05, 0.1) is 0 Å². The van der Waals surface area contributed by atoms with Gasteiger partial charge >= 0.3 is 0 Å². The second-order valence-electron chi connectivity index (χ2n) is 6.63. The number of piperazine rings is 1. The number of nitrogens with zero attached hydrogens (tertiary/aromatic N) is 2. The van der Waals surface area contributed by atoms with Gasteiger partial charge in [0, 0.05) is 39.3 Å². The first kappa shape index (κ1) is 15.8. The van der Waals surface area contributed by atoms with Crippen LogP contribution in [0.15, 0.2) is 24.3 Å². The second-order valence-corrected chi connectivity index (χ2v) is 6.63. The molecule has 3 rings (SSSR count). The number of nitrogens with one attached hydrogen (secondary N) is 1. The summed E-state index contributed by atoms with van der Waals surface area (Å²) in [6.45, 7) is 8.02. The number of hydrogen-bond acceptors (Lipinski definition) is 4. The lowest BCUT2D eigenvalue weighted by Crippen LogP contribution is -2.44. The summed E-state index contributed by atoms with van der Waals surface area (Å²) < 4.78 is 6.11. The van der Waals surface area contributed by atoms with Crippen molar-refractivity contribution in [2.75, 3.05) is 52.9 Å². The van der Waals surface area contributed by atoms with E-state index in [1.807, 2.05) is 0 Å². The van der Waals surface area contributed by atoms with E-state index in [4.69, 9.17) is 4.74 Å². The summed E-state index contributed by atoms with van der Waals surface area (Å²) in [4.78, 5) is 4.90. The van der Waals surface area contributed by atoms with Gasteiger partial charge in [0.2, 0.25) is 0 Å². The van der Waals surface area contributed by atoms with Gasteiger partial charge in [0.15, 0.2) is 0 Å². The number of hydrogen-bond donors (Lipinski definition) is 1. The third-order valence-corrected chi connectivity index (χ3v) is 4.73. The Labute approximate surface area is 134 Å². The Bertz CT molecular complexity index is 442. The molecule has 4 heteroatoms. The van der Waals surface area contributed by atoms with Crippen LogP contribution in [0.5, 0.6) is 5.75 Å². The monoisotopic (exact) mass is 303 g/mol. The first-order chi connectivity index (χ1) is 10.8. The van der Waals surface area contributed by atoms with Crippen molar-refractivity contribution in [3.63, 3.8) is 0 Å². The fourth-order valence-electron chi connectivity index (χ4n) is 3.36. The highest BCUT2D eigenvalue weighted by Crippen LogP contribution is 2.19. The van der Waals surface area contributed by atoms with E-state index in [1.165, 1.54) is 38.0 Å². The minimum atomic E-state index is 0.352. The smallest absolute Gasteiger partial charge is 0.119 e. The Kier molecular flexibility index (Phi) is 5.70. The molecule has 0 bridgehead atoms. The Balaban J connectivity index is 1.45. The molecule has 0 radical (unpaired) electrons. The molecular weight excluding hydrogens is 274 g/mol. The maximum absolute atomic E-state index is 6.11. The lowest BCUT2D eigenvalue weighted by Gasteiger charge is -2.30. The molecule has 2 aliphatic heterocycles. The van der Waals surface area contributed by atoms with E-state index in [-0.39, 0.29) is 0 Å². The Morgan fingerprint density at radius 3 is 2.64 bits per heavy atom. The average molecular weight is 303 g/mol. The summed E-state index contributed by atoms with van der Waals surface area (Å²) in [7, 11) is 2.18. The van der Waals surface area contributed by atoms with Gasteiger partial charge in [0.25, 0.3) is 0 Å². The standard InChI is InChI=1S/C18H29N3O/c1-20-11-2-3-18(15-20)22-17-6-4-16(5-7-17)8-12-21-13-9-19-10-14-21/h4-7,18-19H,2-3,8-15H2,1H3. The van der Waals surface area contributed by atoms with Crippen molar-refractivity contribution in [3.8, 4) is 5.75 Å². The summed E-state index contributed by atoms with van der Waals surface area (Å²) in [6.07, 6.45) is 3.90. The molecule has 1 N–H and O–H groups in total. The summed E-state index contributed by atoms with van der Waals surface area (Å²) in [6, 6.07) is 8.73. The second kappa shape index (κ2) is 7.95. The van der Waals surface area contributed by atoms with Gasteiger partial charge in [0.1, 0.15) is 11.9 Å². The van der Waals surface area contributed by atoms with Gasteiger partial charge in [-0.25, -0.2) is 0 Å². The van der Waals surface area contributed by atoms with E-state index in [1.54, 1.807) is 0 Å². The minimum Gasteiger partial charge on any atom is -0.489 e. The van der Waals surface area contributed by atoms with Gasteiger partial charge in [-0.1, -0.05) is 12.1 Å². The van der Waals surface area contributed by atoms with Crippen LogP contribution < -0.4 is 10.1 Å². The quantitative estimate of drug-likeness (QED) is 0.894. The van der Waals surface area contributed by atoms with Gasteiger partial charge in [-0.05, 0) is 50.6 Å². The highest BCUT2D eigenvalue weighted by molar-refractivity contribution is 5.27. The normalized spacial score (nSPS) is 24.3. The summed E-state index contributed by atoms with van der Waals surface area (Å²) in [5.41, 5.74) is 1.41. The van der Waals surface area contributed by atoms with E-state index in [2.05, 4.69) is 46.4 Å².